The lowest BCUT2D eigenvalue weighted by Crippen LogP contribution is -2.54. The molecule has 170 valence electrons. The summed E-state index contributed by atoms with van der Waals surface area (Å²) in [5.74, 6) is 0.812. The first-order valence-corrected chi connectivity index (χ1v) is 11.8. The van der Waals surface area contributed by atoms with E-state index in [2.05, 4.69) is 19.9 Å². The average molecular weight is 431 g/mol. The topological polar surface area (TPSA) is 82.2 Å². The van der Waals surface area contributed by atoms with Crippen molar-refractivity contribution in [2.24, 2.45) is 28.6 Å². The Morgan fingerprint density at radius 3 is 2.65 bits per heavy atom. The van der Waals surface area contributed by atoms with Crippen molar-refractivity contribution in [3.8, 4) is 0 Å². The molecule has 6 nitrogen and oxygen atoms in total. The molecular weight excluding hydrogens is 396 g/mol. The molecule has 0 aromatic heterocycles. The average Bonchev–Trinajstić information content (AvgIpc) is 3.40. The fourth-order valence-electron chi connectivity index (χ4n) is 8.21. The lowest BCUT2D eigenvalue weighted by Gasteiger charge is -2.58. The maximum absolute atomic E-state index is 13.1. The first-order chi connectivity index (χ1) is 14.7. The molecule has 0 aromatic rings. The largest absolute Gasteiger partial charge is 0.469 e. The summed E-state index contributed by atoms with van der Waals surface area (Å²) in [5, 5.41) is 0. The second-order valence-electron chi connectivity index (χ2n) is 10.9. The Bertz CT molecular complexity index is 862. The Balaban J connectivity index is 1.39. The van der Waals surface area contributed by atoms with E-state index < -0.39 is 11.6 Å². The predicted octanol–water partition coefficient (Wildman–Crippen LogP) is 3.76. The minimum atomic E-state index is -0.783. The van der Waals surface area contributed by atoms with Gasteiger partial charge >= 0.3 is 11.9 Å². The van der Waals surface area contributed by atoms with E-state index in [0.717, 1.165) is 44.9 Å². The van der Waals surface area contributed by atoms with Crippen molar-refractivity contribution >= 4 is 17.7 Å². The van der Waals surface area contributed by atoms with E-state index in [1.54, 1.807) is 0 Å². The van der Waals surface area contributed by atoms with Gasteiger partial charge < -0.3 is 14.2 Å². The molecule has 4 fully saturated rings. The Labute approximate surface area is 184 Å². The molecule has 3 saturated carbocycles. The molecule has 0 bridgehead atoms. The van der Waals surface area contributed by atoms with E-state index >= 15 is 0 Å². The summed E-state index contributed by atoms with van der Waals surface area (Å²) >= 11 is 0. The Morgan fingerprint density at radius 1 is 1.16 bits per heavy atom. The van der Waals surface area contributed by atoms with Gasteiger partial charge in [-0.05, 0) is 61.7 Å². The lowest BCUT2D eigenvalue weighted by atomic mass is 9.47. The quantitative estimate of drug-likeness (QED) is 0.292. The second-order valence-corrected chi connectivity index (χ2v) is 10.9. The van der Waals surface area contributed by atoms with Crippen LogP contribution < -0.4 is 0 Å². The van der Waals surface area contributed by atoms with Crippen molar-refractivity contribution in [1.82, 2.24) is 0 Å². The molecule has 0 N–H and O–H groups in total. The van der Waals surface area contributed by atoms with Crippen molar-refractivity contribution in [3.63, 3.8) is 0 Å². The fraction of sp³-hybridized carbons (Fsp3) is 0.800. The van der Waals surface area contributed by atoms with E-state index in [4.69, 9.17) is 14.2 Å². The molecule has 5 rings (SSSR count). The number of ketones is 1. The zero-order valence-electron chi connectivity index (χ0n) is 19.1. The highest BCUT2D eigenvalue weighted by Crippen LogP contribution is 2.73. The van der Waals surface area contributed by atoms with Crippen LogP contribution in [0.15, 0.2) is 11.6 Å². The smallest absolute Gasteiger partial charge is 0.313 e. The molecule has 1 aliphatic heterocycles. The molecule has 6 heteroatoms. The maximum atomic E-state index is 13.1. The first kappa shape index (κ1) is 21.2. The van der Waals surface area contributed by atoms with Gasteiger partial charge in [-0.15, -0.1) is 0 Å². The number of hydrogen-bond donors (Lipinski definition) is 0. The minimum absolute atomic E-state index is 0.00830. The third-order valence-electron chi connectivity index (χ3n) is 9.77. The molecule has 0 aromatic carbocycles. The molecule has 4 aliphatic carbocycles. The van der Waals surface area contributed by atoms with Gasteiger partial charge in [0, 0.05) is 18.8 Å². The van der Waals surface area contributed by atoms with Gasteiger partial charge in [-0.25, -0.2) is 0 Å². The number of allylic oxidation sites excluding steroid dienone is 1. The molecule has 0 spiro atoms. The SMILES string of the molecule is COC(=O)CC(=O)C12OC1CC1C3CC=C4CC(OC(C)=O)CCC4(C)C3CCC12C. The van der Waals surface area contributed by atoms with Crippen LogP contribution in [0, 0.1) is 28.6 Å². The number of ether oxygens (including phenoxy) is 3. The van der Waals surface area contributed by atoms with Crippen LogP contribution in [-0.4, -0.2) is 42.6 Å². The summed E-state index contributed by atoms with van der Waals surface area (Å²) in [6.07, 6.45) is 8.99. The fourth-order valence-corrected chi connectivity index (χ4v) is 8.21. The molecule has 31 heavy (non-hydrogen) atoms. The summed E-state index contributed by atoms with van der Waals surface area (Å²) in [6, 6.07) is 0. The molecule has 1 heterocycles. The van der Waals surface area contributed by atoms with Crippen LogP contribution in [0.3, 0.4) is 0 Å². The highest BCUT2D eigenvalue weighted by Gasteiger charge is 2.80. The summed E-state index contributed by atoms with van der Waals surface area (Å²) in [5.41, 5.74) is 0.623. The van der Waals surface area contributed by atoms with Gasteiger partial charge in [-0.1, -0.05) is 25.5 Å². The van der Waals surface area contributed by atoms with Crippen molar-refractivity contribution < 1.29 is 28.6 Å². The van der Waals surface area contributed by atoms with E-state index in [9.17, 15) is 14.4 Å². The van der Waals surface area contributed by atoms with Crippen LogP contribution in [0.5, 0.6) is 0 Å². The van der Waals surface area contributed by atoms with Gasteiger partial charge in [-0.2, -0.15) is 0 Å². The van der Waals surface area contributed by atoms with Gasteiger partial charge in [0.05, 0.1) is 13.2 Å². The van der Waals surface area contributed by atoms with Crippen molar-refractivity contribution in [2.75, 3.05) is 7.11 Å². The van der Waals surface area contributed by atoms with Crippen LogP contribution in [0.1, 0.15) is 72.1 Å². The lowest BCUT2D eigenvalue weighted by molar-refractivity contribution is -0.152. The van der Waals surface area contributed by atoms with Crippen LogP contribution in [0.25, 0.3) is 0 Å². The van der Waals surface area contributed by atoms with Gasteiger partial charge in [-0.3, -0.25) is 14.4 Å². The van der Waals surface area contributed by atoms with Crippen LogP contribution in [-0.2, 0) is 28.6 Å². The summed E-state index contributed by atoms with van der Waals surface area (Å²) < 4.78 is 16.3. The normalized spacial score (nSPS) is 47.1. The minimum Gasteiger partial charge on any atom is -0.469 e. The van der Waals surface area contributed by atoms with Crippen molar-refractivity contribution in [1.29, 1.82) is 0 Å². The van der Waals surface area contributed by atoms with Crippen molar-refractivity contribution in [2.45, 2.75) is 89.9 Å². The number of esters is 2. The third-order valence-corrected chi connectivity index (χ3v) is 9.77. The molecule has 1 saturated heterocycles. The molecule has 0 radical (unpaired) electrons. The zero-order valence-corrected chi connectivity index (χ0v) is 19.1. The summed E-state index contributed by atoms with van der Waals surface area (Å²) in [7, 11) is 1.33. The van der Waals surface area contributed by atoms with Crippen LogP contribution in [0.4, 0.5) is 0 Å². The van der Waals surface area contributed by atoms with E-state index in [1.165, 1.54) is 19.6 Å². The van der Waals surface area contributed by atoms with Crippen LogP contribution in [0.2, 0.25) is 0 Å². The molecule has 8 atom stereocenters. The number of epoxide rings is 1. The number of hydrogen-bond acceptors (Lipinski definition) is 6. The van der Waals surface area contributed by atoms with Gasteiger partial charge in [0.2, 0.25) is 0 Å². The van der Waals surface area contributed by atoms with Crippen LogP contribution >= 0.6 is 0 Å². The number of fused-ring (bicyclic) bond motifs is 7. The molecule has 5 aliphatic rings. The number of carbonyl (C=O) groups is 3. The summed E-state index contributed by atoms with van der Waals surface area (Å²) in [6.45, 7) is 6.13. The third kappa shape index (κ3) is 2.82. The monoisotopic (exact) mass is 430 g/mol. The highest BCUT2D eigenvalue weighted by molar-refractivity contribution is 6.03. The molecule has 0 amide bonds. The Hall–Kier alpha value is -1.69. The van der Waals surface area contributed by atoms with E-state index in [1.807, 2.05) is 0 Å². The van der Waals surface area contributed by atoms with E-state index in [0.29, 0.717) is 17.8 Å². The van der Waals surface area contributed by atoms with Gasteiger partial charge in [0.1, 0.15) is 12.5 Å². The van der Waals surface area contributed by atoms with Crippen molar-refractivity contribution in [3.05, 3.63) is 11.6 Å². The van der Waals surface area contributed by atoms with E-state index in [-0.39, 0.29) is 41.2 Å². The standard InChI is InChI=1S/C25H34O6/c1-14(26)30-16-7-9-23(2)15(11-16)5-6-17-18(23)8-10-24(3)19(17)12-21-25(24,31-21)20(27)13-22(28)29-4/h5,16-19,21H,6-13H2,1-4H3. The maximum Gasteiger partial charge on any atom is 0.313 e. The molecular formula is C25H34O6. The zero-order chi connectivity index (χ0) is 22.2. The predicted molar refractivity (Wildman–Crippen MR) is 112 cm³/mol. The number of carbonyl (C=O) groups excluding carboxylic acids is 3. The number of Topliss-reactive ketones (excluding diaryl/α,β-unsaturated/α-hetero) is 1. The Morgan fingerprint density at radius 2 is 1.94 bits per heavy atom. The van der Waals surface area contributed by atoms with Gasteiger partial charge in [0.25, 0.3) is 0 Å². The number of methoxy groups -OCH3 is 1. The number of rotatable bonds is 4. The molecule has 8 unspecified atom stereocenters. The second kappa shape index (κ2) is 6.90. The van der Waals surface area contributed by atoms with Gasteiger partial charge in [0.15, 0.2) is 11.4 Å². The highest BCUT2D eigenvalue weighted by atomic mass is 16.6. The summed E-state index contributed by atoms with van der Waals surface area (Å²) in [4.78, 5) is 36.4. The first-order valence-electron chi connectivity index (χ1n) is 11.8. The Kier molecular flexibility index (Phi) is 4.71.